The Bertz CT molecular complexity index is 524. The Hall–Kier alpha value is -0.840. The highest BCUT2D eigenvalue weighted by Gasteiger charge is 2.13. The number of benzene rings is 1. The van der Waals surface area contributed by atoms with Crippen LogP contribution in [0.1, 0.15) is 22.7 Å². The van der Waals surface area contributed by atoms with Gasteiger partial charge in [0.25, 0.3) is 0 Å². The summed E-state index contributed by atoms with van der Waals surface area (Å²) in [6.07, 6.45) is 0. The molecule has 0 aliphatic heterocycles. The first kappa shape index (κ1) is 12.6. The van der Waals surface area contributed by atoms with E-state index in [0.29, 0.717) is 0 Å². The number of hydrogen-bond donors (Lipinski definition) is 1. The molecular formula is C13H14BrNOS. The predicted molar refractivity (Wildman–Crippen MR) is 75.8 cm³/mol. The highest BCUT2D eigenvalue weighted by molar-refractivity contribution is 9.10. The molecule has 0 saturated heterocycles. The molecule has 0 saturated carbocycles. The molecule has 17 heavy (non-hydrogen) atoms. The molecule has 2 rings (SSSR count). The van der Waals surface area contributed by atoms with Crippen molar-refractivity contribution < 1.29 is 4.74 Å². The Kier molecular flexibility index (Phi) is 3.86. The summed E-state index contributed by atoms with van der Waals surface area (Å²) < 4.78 is 6.14. The average Bonchev–Trinajstić information content (AvgIpc) is 2.74. The fourth-order valence-corrected chi connectivity index (χ4v) is 3.19. The van der Waals surface area contributed by atoms with Crippen LogP contribution in [0.4, 0.5) is 0 Å². The zero-order valence-electron chi connectivity index (χ0n) is 9.74. The Morgan fingerprint density at radius 1 is 1.35 bits per heavy atom. The summed E-state index contributed by atoms with van der Waals surface area (Å²) in [6.45, 7) is 2.09. The number of ether oxygens (including phenoxy) is 1. The van der Waals surface area contributed by atoms with Crippen LogP contribution >= 0.6 is 27.3 Å². The molecule has 2 aromatic rings. The zero-order valence-corrected chi connectivity index (χ0v) is 12.1. The van der Waals surface area contributed by atoms with Gasteiger partial charge < -0.3 is 10.5 Å². The Balaban J connectivity index is 2.35. The molecule has 1 unspecified atom stereocenters. The maximum Gasteiger partial charge on any atom is 0.133 e. The summed E-state index contributed by atoms with van der Waals surface area (Å²) in [4.78, 5) is 0. The molecule has 1 aromatic heterocycles. The van der Waals surface area contributed by atoms with E-state index in [9.17, 15) is 0 Å². The minimum Gasteiger partial charge on any atom is -0.496 e. The van der Waals surface area contributed by atoms with Crippen LogP contribution in [0.3, 0.4) is 0 Å². The summed E-state index contributed by atoms with van der Waals surface area (Å²) in [5.74, 6) is 0.822. The fourth-order valence-electron chi connectivity index (χ4n) is 1.74. The van der Waals surface area contributed by atoms with E-state index >= 15 is 0 Å². The smallest absolute Gasteiger partial charge is 0.133 e. The van der Waals surface area contributed by atoms with Crippen molar-refractivity contribution in [1.82, 2.24) is 0 Å². The van der Waals surface area contributed by atoms with Crippen molar-refractivity contribution in [2.75, 3.05) is 7.11 Å². The van der Waals surface area contributed by atoms with Crippen molar-refractivity contribution in [2.45, 2.75) is 13.0 Å². The van der Waals surface area contributed by atoms with Crippen molar-refractivity contribution in [3.05, 3.63) is 50.1 Å². The number of halogens is 1. The summed E-state index contributed by atoms with van der Waals surface area (Å²) in [6, 6.07) is 5.87. The molecule has 0 radical (unpaired) electrons. The van der Waals surface area contributed by atoms with E-state index in [1.165, 1.54) is 11.1 Å². The second kappa shape index (κ2) is 5.21. The second-order valence-electron chi connectivity index (χ2n) is 3.88. The summed E-state index contributed by atoms with van der Waals surface area (Å²) in [7, 11) is 1.66. The molecule has 1 heterocycles. The SMILES string of the molecule is COc1ccc(C(N)c2cscc2C)cc1Br. The van der Waals surface area contributed by atoms with E-state index in [2.05, 4.69) is 33.6 Å². The summed E-state index contributed by atoms with van der Waals surface area (Å²) in [5, 5.41) is 4.23. The lowest BCUT2D eigenvalue weighted by Gasteiger charge is -2.13. The van der Waals surface area contributed by atoms with E-state index in [1.807, 2.05) is 18.2 Å². The van der Waals surface area contributed by atoms with Crippen LogP contribution in [0.15, 0.2) is 33.4 Å². The van der Waals surface area contributed by atoms with Crippen LogP contribution in [0.25, 0.3) is 0 Å². The van der Waals surface area contributed by atoms with Gasteiger partial charge in [0.1, 0.15) is 5.75 Å². The van der Waals surface area contributed by atoms with Crippen molar-refractivity contribution in [3.8, 4) is 5.75 Å². The van der Waals surface area contributed by atoms with E-state index in [1.54, 1.807) is 18.4 Å². The quantitative estimate of drug-likeness (QED) is 0.933. The van der Waals surface area contributed by atoms with Gasteiger partial charge in [-0.1, -0.05) is 6.07 Å². The number of nitrogens with two attached hydrogens (primary N) is 1. The van der Waals surface area contributed by atoms with E-state index in [4.69, 9.17) is 10.5 Å². The third-order valence-electron chi connectivity index (χ3n) is 2.77. The molecule has 0 aliphatic rings. The number of thiophene rings is 1. The lowest BCUT2D eigenvalue weighted by atomic mass is 9.99. The Morgan fingerprint density at radius 3 is 2.65 bits per heavy atom. The van der Waals surface area contributed by atoms with Gasteiger partial charge in [-0.25, -0.2) is 0 Å². The highest BCUT2D eigenvalue weighted by Crippen LogP contribution is 2.31. The Morgan fingerprint density at radius 2 is 2.12 bits per heavy atom. The van der Waals surface area contributed by atoms with Gasteiger partial charge in [-0.05, 0) is 62.4 Å². The minimum absolute atomic E-state index is 0.0801. The molecule has 90 valence electrons. The first-order valence-electron chi connectivity index (χ1n) is 5.25. The zero-order chi connectivity index (χ0) is 12.4. The predicted octanol–water partition coefficient (Wildman–Crippen LogP) is 3.88. The van der Waals surface area contributed by atoms with Crippen molar-refractivity contribution >= 4 is 27.3 Å². The molecule has 2 N–H and O–H groups in total. The number of rotatable bonds is 3. The monoisotopic (exact) mass is 311 g/mol. The van der Waals surface area contributed by atoms with E-state index in [-0.39, 0.29) is 6.04 Å². The number of aryl methyl sites for hydroxylation is 1. The fraction of sp³-hybridized carbons (Fsp3) is 0.231. The molecular weight excluding hydrogens is 298 g/mol. The van der Waals surface area contributed by atoms with Crippen LogP contribution in [-0.2, 0) is 0 Å². The second-order valence-corrected chi connectivity index (χ2v) is 5.48. The third kappa shape index (κ3) is 2.54. The lowest BCUT2D eigenvalue weighted by molar-refractivity contribution is 0.412. The highest BCUT2D eigenvalue weighted by atomic mass is 79.9. The molecule has 1 aromatic carbocycles. The van der Waals surface area contributed by atoms with Gasteiger partial charge in [0.15, 0.2) is 0 Å². The maximum atomic E-state index is 6.27. The van der Waals surface area contributed by atoms with Crippen LogP contribution in [-0.4, -0.2) is 7.11 Å². The molecule has 0 fully saturated rings. The molecule has 0 aliphatic carbocycles. The van der Waals surface area contributed by atoms with Crippen molar-refractivity contribution in [2.24, 2.45) is 5.73 Å². The Labute approximate surface area is 114 Å². The first-order chi connectivity index (χ1) is 8.13. The van der Waals surface area contributed by atoms with E-state index < -0.39 is 0 Å². The van der Waals surface area contributed by atoms with Gasteiger partial charge in [-0.3, -0.25) is 0 Å². The topological polar surface area (TPSA) is 35.2 Å². The third-order valence-corrected chi connectivity index (χ3v) is 4.26. The normalized spacial score (nSPS) is 12.5. The van der Waals surface area contributed by atoms with Gasteiger partial charge in [-0.2, -0.15) is 11.3 Å². The summed E-state index contributed by atoms with van der Waals surface area (Å²) in [5.41, 5.74) is 9.78. The van der Waals surface area contributed by atoms with Gasteiger partial charge in [-0.15, -0.1) is 0 Å². The molecule has 1 atom stereocenters. The molecule has 4 heteroatoms. The lowest BCUT2D eigenvalue weighted by Crippen LogP contribution is -2.12. The molecule has 0 amide bonds. The standard InChI is InChI=1S/C13H14BrNOS/c1-8-6-17-7-10(8)13(15)9-3-4-12(16-2)11(14)5-9/h3-7,13H,15H2,1-2H3. The first-order valence-corrected chi connectivity index (χ1v) is 6.98. The molecule has 0 bridgehead atoms. The molecule has 2 nitrogen and oxygen atoms in total. The number of hydrogen-bond acceptors (Lipinski definition) is 3. The average molecular weight is 312 g/mol. The van der Waals surface area contributed by atoms with E-state index in [0.717, 1.165) is 15.8 Å². The van der Waals surface area contributed by atoms with Crippen molar-refractivity contribution in [1.29, 1.82) is 0 Å². The van der Waals surface area contributed by atoms with Gasteiger partial charge in [0, 0.05) is 0 Å². The van der Waals surface area contributed by atoms with Crippen LogP contribution in [0.2, 0.25) is 0 Å². The summed E-state index contributed by atoms with van der Waals surface area (Å²) >= 11 is 5.16. The minimum atomic E-state index is -0.0801. The maximum absolute atomic E-state index is 6.27. The van der Waals surface area contributed by atoms with Crippen LogP contribution in [0, 0.1) is 6.92 Å². The largest absolute Gasteiger partial charge is 0.496 e. The number of methoxy groups -OCH3 is 1. The van der Waals surface area contributed by atoms with Gasteiger partial charge in [0.2, 0.25) is 0 Å². The van der Waals surface area contributed by atoms with Crippen LogP contribution < -0.4 is 10.5 Å². The van der Waals surface area contributed by atoms with Crippen LogP contribution in [0.5, 0.6) is 5.75 Å². The van der Waals surface area contributed by atoms with Gasteiger partial charge >= 0.3 is 0 Å². The molecule has 0 spiro atoms. The van der Waals surface area contributed by atoms with Crippen molar-refractivity contribution in [3.63, 3.8) is 0 Å². The van der Waals surface area contributed by atoms with Gasteiger partial charge in [0.05, 0.1) is 17.6 Å².